The highest BCUT2D eigenvalue weighted by Crippen LogP contribution is 1.93. The number of hydrogen-bond donors (Lipinski definition) is 1. The summed E-state index contributed by atoms with van der Waals surface area (Å²) in [6.45, 7) is 8.25. The van der Waals surface area contributed by atoms with Gasteiger partial charge in [0.25, 0.3) is 0 Å². The van der Waals surface area contributed by atoms with E-state index in [2.05, 4.69) is 16.1 Å². The van der Waals surface area contributed by atoms with Gasteiger partial charge in [-0.15, -0.1) is 6.42 Å². The minimum Gasteiger partial charge on any atom is -0.379 e. The third-order valence-corrected chi connectivity index (χ3v) is 2.26. The Labute approximate surface area is 91.9 Å². The largest absolute Gasteiger partial charge is 0.379 e. The van der Waals surface area contributed by atoms with Crippen molar-refractivity contribution in [1.82, 2.24) is 10.2 Å². The first-order valence-electron chi connectivity index (χ1n) is 5.45. The first kappa shape index (κ1) is 12.5. The minimum atomic E-state index is 0.767. The van der Waals surface area contributed by atoms with Gasteiger partial charge < -0.3 is 14.8 Å². The van der Waals surface area contributed by atoms with Crippen LogP contribution in [0.15, 0.2) is 0 Å². The molecule has 15 heavy (non-hydrogen) atoms. The molecule has 1 N–H and O–H groups in total. The molecule has 0 radical (unpaired) electrons. The summed E-state index contributed by atoms with van der Waals surface area (Å²) in [5.41, 5.74) is 0. The second-order valence-electron chi connectivity index (χ2n) is 3.46. The fourth-order valence-corrected chi connectivity index (χ4v) is 1.40. The van der Waals surface area contributed by atoms with Crippen molar-refractivity contribution in [3.8, 4) is 12.3 Å². The number of nitrogens with zero attached hydrogens (tertiary/aromatic N) is 1. The Balaban J connectivity index is 0.000000162. The van der Waals surface area contributed by atoms with Crippen LogP contribution in [0.3, 0.4) is 0 Å². The zero-order valence-corrected chi connectivity index (χ0v) is 9.21. The molecule has 0 aromatic carbocycles. The molecule has 0 spiro atoms. The lowest BCUT2D eigenvalue weighted by Gasteiger charge is -2.23. The van der Waals surface area contributed by atoms with Crippen molar-refractivity contribution in [3.63, 3.8) is 0 Å². The van der Waals surface area contributed by atoms with Gasteiger partial charge in [-0.05, 0) is 0 Å². The summed E-state index contributed by atoms with van der Waals surface area (Å²) in [7, 11) is 0. The van der Waals surface area contributed by atoms with Crippen LogP contribution < -0.4 is 5.32 Å². The standard InChI is InChI=1S/C7H11NO.C4H9NO/c1-2-3-8-4-6-9-7-5-8;1-3-6-4-2-5-1/h1H,3-7H2;5H,1-4H2. The van der Waals surface area contributed by atoms with Crippen molar-refractivity contribution >= 4 is 0 Å². The van der Waals surface area contributed by atoms with E-state index in [9.17, 15) is 0 Å². The molecule has 2 aliphatic heterocycles. The van der Waals surface area contributed by atoms with Crippen LogP contribution in [0.4, 0.5) is 0 Å². The molecule has 0 aromatic rings. The molecule has 0 unspecified atom stereocenters. The lowest BCUT2D eigenvalue weighted by atomic mass is 10.4. The highest BCUT2D eigenvalue weighted by molar-refractivity contribution is 4.88. The Morgan fingerprint density at radius 2 is 1.67 bits per heavy atom. The van der Waals surface area contributed by atoms with Crippen LogP contribution in [0.2, 0.25) is 0 Å². The van der Waals surface area contributed by atoms with E-state index in [1.54, 1.807) is 0 Å². The molecular formula is C11H20N2O2. The predicted molar refractivity (Wildman–Crippen MR) is 59.8 cm³/mol. The molecule has 4 nitrogen and oxygen atoms in total. The molecule has 0 bridgehead atoms. The molecule has 2 fully saturated rings. The fraction of sp³-hybridized carbons (Fsp3) is 0.818. The van der Waals surface area contributed by atoms with E-state index >= 15 is 0 Å². The first-order chi connectivity index (χ1) is 7.43. The molecule has 0 atom stereocenters. The zero-order valence-electron chi connectivity index (χ0n) is 9.21. The van der Waals surface area contributed by atoms with Crippen LogP contribution >= 0.6 is 0 Å². The second-order valence-corrected chi connectivity index (χ2v) is 3.46. The van der Waals surface area contributed by atoms with E-state index in [1.165, 1.54) is 0 Å². The van der Waals surface area contributed by atoms with E-state index in [0.717, 1.165) is 59.2 Å². The quantitative estimate of drug-likeness (QED) is 0.597. The zero-order chi connectivity index (χ0) is 10.8. The van der Waals surface area contributed by atoms with E-state index in [0.29, 0.717) is 0 Å². The average molecular weight is 212 g/mol. The van der Waals surface area contributed by atoms with Crippen molar-refractivity contribution in [2.75, 3.05) is 59.2 Å². The summed E-state index contributed by atoms with van der Waals surface area (Å²) >= 11 is 0. The van der Waals surface area contributed by atoms with Gasteiger partial charge in [-0.1, -0.05) is 5.92 Å². The SMILES string of the molecule is C#CCN1CCOCC1.C1COCCN1. The topological polar surface area (TPSA) is 33.7 Å². The van der Waals surface area contributed by atoms with Crippen molar-refractivity contribution in [2.24, 2.45) is 0 Å². The summed E-state index contributed by atoms with van der Waals surface area (Å²) in [5.74, 6) is 2.61. The summed E-state index contributed by atoms with van der Waals surface area (Å²) in [4.78, 5) is 2.21. The minimum absolute atomic E-state index is 0.767. The van der Waals surface area contributed by atoms with Crippen LogP contribution in [0.1, 0.15) is 0 Å². The summed E-state index contributed by atoms with van der Waals surface area (Å²) < 4.78 is 10.1. The molecular weight excluding hydrogens is 192 g/mol. The Morgan fingerprint density at radius 1 is 1.07 bits per heavy atom. The van der Waals surface area contributed by atoms with E-state index in [-0.39, 0.29) is 0 Å². The lowest BCUT2D eigenvalue weighted by molar-refractivity contribution is 0.0444. The maximum Gasteiger partial charge on any atom is 0.0600 e. The van der Waals surface area contributed by atoms with Crippen molar-refractivity contribution in [3.05, 3.63) is 0 Å². The maximum atomic E-state index is 5.14. The Bertz CT molecular complexity index is 170. The number of ether oxygens (including phenoxy) is 2. The predicted octanol–water partition coefficient (Wildman–Crippen LogP) is -0.442. The Hall–Kier alpha value is -0.600. The lowest BCUT2D eigenvalue weighted by Crippen LogP contribution is -2.36. The summed E-state index contributed by atoms with van der Waals surface area (Å²) in [6.07, 6.45) is 5.13. The molecule has 2 heterocycles. The monoisotopic (exact) mass is 212 g/mol. The summed E-state index contributed by atoms with van der Waals surface area (Å²) in [5, 5.41) is 3.16. The highest BCUT2D eigenvalue weighted by atomic mass is 16.5. The second kappa shape index (κ2) is 8.69. The number of nitrogens with one attached hydrogen (secondary N) is 1. The van der Waals surface area contributed by atoms with Gasteiger partial charge in [0.05, 0.1) is 33.0 Å². The number of terminal acetylenes is 1. The van der Waals surface area contributed by atoms with Crippen LogP contribution in [0, 0.1) is 12.3 Å². The first-order valence-corrected chi connectivity index (χ1v) is 5.45. The van der Waals surface area contributed by atoms with Crippen LogP contribution in [-0.4, -0.2) is 64.1 Å². The number of morpholine rings is 2. The van der Waals surface area contributed by atoms with Crippen molar-refractivity contribution in [1.29, 1.82) is 0 Å². The Kier molecular flexibility index (Phi) is 7.22. The van der Waals surface area contributed by atoms with Crippen LogP contribution in [-0.2, 0) is 9.47 Å². The van der Waals surface area contributed by atoms with E-state index in [1.807, 2.05) is 0 Å². The molecule has 0 saturated carbocycles. The number of rotatable bonds is 1. The molecule has 2 saturated heterocycles. The third kappa shape index (κ3) is 6.47. The summed E-state index contributed by atoms with van der Waals surface area (Å²) in [6, 6.07) is 0. The molecule has 0 aliphatic carbocycles. The average Bonchev–Trinajstić information content (AvgIpc) is 2.34. The van der Waals surface area contributed by atoms with E-state index < -0.39 is 0 Å². The van der Waals surface area contributed by atoms with Gasteiger partial charge in [0.1, 0.15) is 0 Å². The van der Waals surface area contributed by atoms with Crippen molar-refractivity contribution < 1.29 is 9.47 Å². The maximum absolute atomic E-state index is 5.14. The Morgan fingerprint density at radius 3 is 2.07 bits per heavy atom. The molecule has 4 heteroatoms. The fourth-order valence-electron chi connectivity index (χ4n) is 1.40. The van der Waals surface area contributed by atoms with Gasteiger partial charge in [0, 0.05) is 26.2 Å². The van der Waals surface area contributed by atoms with Gasteiger partial charge in [-0.25, -0.2) is 0 Å². The van der Waals surface area contributed by atoms with Gasteiger partial charge in [0.15, 0.2) is 0 Å². The number of hydrogen-bond acceptors (Lipinski definition) is 4. The van der Waals surface area contributed by atoms with Crippen LogP contribution in [0.25, 0.3) is 0 Å². The molecule has 2 aliphatic rings. The molecule has 0 aromatic heterocycles. The van der Waals surface area contributed by atoms with E-state index in [4.69, 9.17) is 15.9 Å². The van der Waals surface area contributed by atoms with Gasteiger partial charge in [-0.3, -0.25) is 4.90 Å². The normalized spacial score (nSPS) is 22.3. The molecule has 86 valence electrons. The molecule has 2 rings (SSSR count). The van der Waals surface area contributed by atoms with Crippen LogP contribution in [0.5, 0.6) is 0 Å². The van der Waals surface area contributed by atoms with Crippen molar-refractivity contribution in [2.45, 2.75) is 0 Å². The molecule has 0 amide bonds. The third-order valence-electron chi connectivity index (χ3n) is 2.26. The highest BCUT2D eigenvalue weighted by Gasteiger charge is 2.06. The smallest absolute Gasteiger partial charge is 0.0600 e. The van der Waals surface area contributed by atoms with Gasteiger partial charge in [-0.2, -0.15) is 0 Å². The van der Waals surface area contributed by atoms with Gasteiger partial charge in [0.2, 0.25) is 0 Å². The van der Waals surface area contributed by atoms with Gasteiger partial charge >= 0.3 is 0 Å².